The number of methoxy groups -OCH3 is 1. The van der Waals surface area contributed by atoms with Gasteiger partial charge in [-0.05, 0) is 28.9 Å². The number of alkyl halides is 1. The monoisotopic (exact) mass is 257 g/mol. The minimum Gasteiger partial charge on any atom is -0.465 e. The lowest BCUT2D eigenvalue weighted by Crippen LogP contribution is -2.04. The van der Waals surface area contributed by atoms with Crippen molar-refractivity contribution in [1.82, 2.24) is 0 Å². The molecule has 0 spiro atoms. The Labute approximate surface area is 89.4 Å². The molecule has 0 aliphatic rings. The summed E-state index contributed by atoms with van der Waals surface area (Å²) in [7, 11) is 1.31. The molecule has 0 aromatic heterocycles. The second kappa shape index (κ2) is 4.85. The number of benzene rings is 1. The highest BCUT2D eigenvalue weighted by molar-refractivity contribution is 9.08. The molecule has 0 heterocycles. The lowest BCUT2D eigenvalue weighted by atomic mass is 10.1. The van der Waals surface area contributed by atoms with Crippen LogP contribution in [0.15, 0.2) is 23.4 Å². The maximum absolute atomic E-state index is 11.2. The van der Waals surface area contributed by atoms with E-state index in [2.05, 4.69) is 25.8 Å². The minimum absolute atomic E-state index is 0.298. The molecule has 0 saturated heterocycles. The van der Waals surface area contributed by atoms with Crippen molar-refractivity contribution in [2.75, 3.05) is 7.11 Å². The number of carbonyl (C=O) groups is 1. The zero-order valence-electron chi connectivity index (χ0n) is 7.49. The van der Waals surface area contributed by atoms with Crippen LogP contribution in [0.5, 0.6) is 0 Å². The van der Waals surface area contributed by atoms with E-state index in [4.69, 9.17) is 0 Å². The van der Waals surface area contributed by atoms with Crippen LogP contribution in [0.25, 0.3) is 0 Å². The molecule has 1 aromatic carbocycles. The van der Waals surface area contributed by atoms with E-state index in [1.807, 2.05) is 0 Å². The Morgan fingerprint density at radius 1 is 1.57 bits per heavy atom. The number of esters is 1. The third kappa shape index (κ3) is 2.17. The van der Waals surface area contributed by atoms with Crippen molar-refractivity contribution in [2.45, 2.75) is 5.33 Å². The Bertz CT molecular complexity index is 365. The average molecular weight is 258 g/mol. The molecule has 74 valence electrons. The molecule has 14 heavy (non-hydrogen) atoms. The molecule has 0 fully saturated rings. The van der Waals surface area contributed by atoms with Gasteiger partial charge >= 0.3 is 5.97 Å². The first kappa shape index (κ1) is 10.8. The van der Waals surface area contributed by atoms with Gasteiger partial charge in [-0.3, -0.25) is 0 Å². The van der Waals surface area contributed by atoms with Crippen molar-refractivity contribution in [3.05, 3.63) is 34.2 Å². The van der Waals surface area contributed by atoms with Gasteiger partial charge in [-0.2, -0.15) is 0 Å². The van der Waals surface area contributed by atoms with Crippen LogP contribution in [0.4, 0.5) is 5.69 Å². The molecule has 1 rings (SSSR count). The molecule has 0 aliphatic carbocycles. The minimum atomic E-state index is -0.420. The summed E-state index contributed by atoms with van der Waals surface area (Å²) in [4.78, 5) is 21.5. The normalized spacial score (nSPS) is 9.57. The number of hydrogen-bond acceptors (Lipinski definition) is 4. The second-order valence-electron chi connectivity index (χ2n) is 2.56. The number of hydrogen-bond donors (Lipinski definition) is 0. The summed E-state index contributed by atoms with van der Waals surface area (Å²) in [6, 6.07) is 4.55. The van der Waals surface area contributed by atoms with Crippen LogP contribution < -0.4 is 0 Å². The molecule has 4 nitrogen and oxygen atoms in total. The number of rotatable bonds is 3. The molecular formula is C9H8BrNO3. The van der Waals surface area contributed by atoms with Crippen LogP contribution in [-0.2, 0) is 10.1 Å². The molecule has 0 amide bonds. The first-order valence-corrected chi connectivity index (χ1v) is 4.95. The van der Waals surface area contributed by atoms with Crippen molar-refractivity contribution in [3.8, 4) is 0 Å². The highest BCUT2D eigenvalue weighted by Gasteiger charge is 2.11. The first-order valence-electron chi connectivity index (χ1n) is 3.83. The van der Waals surface area contributed by atoms with Crippen LogP contribution in [0.1, 0.15) is 15.9 Å². The smallest absolute Gasteiger partial charge is 0.338 e. The van der Waals surface area contributed by atoms with Crippen LogP contribution in [0.3, 0.4) is 0 Å². The Balaban J connectivity index is 3.17. The summed E-state index contributed by atoms with van der Waals surface area (Å²) < 4.78 is 4.58. The third-order valence-corrected chi connectivity index (χ3v) is 2.35. The summed E-state index contributed by atoms with van der Waals surface area (Å²) in [6.45, 7) is 0. The van der Waals surface area contributed by atoms with Crippen LogP contribution in [0.2, 0.25) is 0 Å². The SMILES string of the molecule is COC(=O)c1ccc(N=O)cc1CBr. The standard InChI is InChI=1S/C9H8BrNO3/c1-14-9(12)8-3-2-7(11-13)4-6(8)5-10/h2-4H,5H2,1H3. The molecule has 0 N–H and O–H groups in total. The van der Waals surface area contributed by atoms with Gasteiger partial charge in [0.25, 0.3) is 0 Å². The summed E-state index contributed by atoms with van der Waals surface area (Å²) in [5, 5.41) is 3.26. The average Bonchev–Trinajstić information content (AvgIpc) is 2.27. The van der Waals surface area contributed by atoms with Crippen molar-refractivity contribution in [2.24, 2.45) is 5.18 Å². The van der Waals surface area contributed by atoms with E-state index in [-0.39, 0.29) is 0 Å². The van der Waals surface area contributed by atoms with Gasteiger partial charge in [-0.15, -0.1) is 4.91 Å². The molecule has 0 unspecified atom stereocenters. The highest BCUT2D eigenvalue weighted by Crippen LogP contribution is 2.20. The molecule has 0 bridgehead atoms. The molecule has 0 radical (unpaired) electrons. The largest absolute Gasteiger partial charge is 0.465 e. The van der Waals surface area contributed by atoms with Crippen molar-refractivity contribution in [3.63, 3.8) is 0 Å². The second-order valence-corrected chi connectivity index (χ2v) is 3.12. The third-order valence-electron chi connectivity index (χ3n) is 1.74. The maximum atomic E-state index is 11.2. The fourth-order valence-electron chi connectivity index (χ4n) is 1.06. The Morgan fingerprint density at radius 3 is 2.79 bits per heavy atom. The van der Waals surface area contributed by atoms with Gasteiger partial charge in [0.15, 0.2) is 0 Å². The van der Waals surface area contributed by atoms with E-state index < -0.39 is 5.97 Å². The number of halogens is 1. The quantitative estimate of drug-likeness (QED) is 0.475. The van der Waals surface area contributed by atoms with Crippen molar-refractivity contribution < 1.29 is 9.53 Å². The molecule has 1 aromatic rings. The van der Waals surface area contributed by atoms with Crippen LogP contribution in [0, 0.1) is 4.91 Å². The molecule has 5 heteroatoms. The summed E-state index contributed by atoms with van der Waals surface area (Å²) in [6.07, 6.45) is 0. The zero-order chi connectivity index (χ0) is 10.6. The summed E-state index contributed by atoms with van der Waals surface area (Å²) in [5.41, 5.74) is 1.43. The Morgan fingerprint density at radius 2 is 2.29 bits per heavy atom. The fourth-order valence-corrected chi connectivity index (χ4v) is 1.52. The van der Waals surface area contributed by atoms with E-state index in [1.54, 1.807) is 6.07 Å². The van der Waals surface area contributed by atoms with E-state index in [1.165, 1.54) is 19.2 Å². The van der Waals surface area contributed by atoms with Gasteiger partial charge in [0.1, 0.15) is 5.69 Å². The molecule has 0 aliphatic heterocycles. The number of carbonyl (C=O) groups excluding carboxylic acids is 1. The van der Waals surface area contributed by atoms with Gasteiger partial charge in [-0.1, -0.05) is 15.9 Å². The van der Waals surface area contributed by atoms with Crippen molar-refractivity contribution >= 4 is 27.6 Å². The summed E-state index contributed by atoms with van der Waals surface area (Å²) in [5.74, 6) is -0.420. The van der Waals surface area contributed by atoms with Crippen LogP contribution in [-0.4, -0.2) is 13.1 Å². The van der Waals surface area contributed by atoms with Gasteiger partial charge in [0.05, 0.1) is 12.7 Å². The summed E-state index contributed by atoms with van der Waals surface area (Å²) >= 11 is 3.22. The van der Waals surface area contributed by atoms with Gasteiger partial charge in [0, 0.05) is 5.33 Å². The van der Waals surface area contributed by atoms with Gasteiger partial charge in [0.2, 0.25) is 0 Å². The van der Waals surface area contributed by atoms with E-state index in [0.29, 0.717) is 22.1 Å². The van der Waals surface area contributed by atoms with E-state index in [0.717, 1.165) is 0 Å². The number of nitrogens with zero attached hydrogens (tertiary/aromatic N) is 1. The van der Waals surface area contributed by atoms with Gasteiger partial charge in [-0.25, -0.2) is 4.79 Å². The number of nitroso groups, excluding NO2 is 1. The highest BCUT2D eigenvalue weighted by atomic mass is 79.9. The van der Waals surface area contributed by atoms with E-state index >= 15 is 0 Å². The maximum Gasteiger partial charge on any atom is 0.338 e. The predicted octanol–water partition coefficient (Wildman–Crippen LogP) is 2.77. The lowest BCUT2D eigenvalue weighted by Gasteiger charge is -2.04. The fraction of sp³-hybridized carbons (Fsp3) is 0.222. The molecule has 0 saturated carbocycles. The lowest BCUT2D eigenvalue weighted by molar-refractivity contribution is 0.0600. The Hall–Kier alpha value is -1.23. The van der Waals surface area contributed by atoms with Crippen LogP contribution >= 0.6 is 15.9 Å². The predicted molar refractivity (Wildman–Crippen MR) is 55.9 cm³/mol. The Kier molecular flexibility index (Phi) is 3.76. The molecule has 0 atom stereocenters. The first-order chi connectivity index (χ1) is 6.72. The zero-order valence-corrected chi connectivity index (χ0v) is 9.08. The van der Waals surface area contributed by atoms with Crippen molar-refractivity contribution in [1.29, 1.82) is 0 Å². The molecular weight excluding hydrogens is 250 g/mol. The van der Waals surface area contributed by atoms with E-state index in [9.17, 15) is 9.70 Å². The van der Waals surface area contributed by atoms with Gasteiger partial charge < -0.3 is 4.74 Å². The number of ether oxygens (including phenoxy) is 1. The topological polar surface area (TPSA) is 55.7 Å².